The fourth-order valence-corrected chi connectivity index (χ4v) is 1.73. The third-order valence-corrected chi connectivity index (χ3v) is 2.60. The second-order valence-corrected chi connectivity index (χ2v) is 4.05. The maximum absolute atomic E-state index is 12.6. The molecular weight excluding hydrogens is 257 g/mol. The minimum Gasteiger partial charge on any atom is -0.437 e. The van der Waals surface area contributed by atoms with Gasteiger partial charge in [-0.05, 0) is 13.0 Å². The molecule has 3 nitrogen and oxygen atoms in total. The van der Waals surface area contributed by atoms with Crippen LogP contribution >= 0.6 is 0 Å². The first-order valence-electron chi connectivity index (χ1n) is 5.84. The predicted molar refractivity (Wildman–Crippen MR) is 64.3 cm³/mol. The van der Waals surface area contributed by atoms with Gasteiger partial charge in [-0.15, -0.1) is 0 Å². The minimum absolute atomic E-state index is 0.226. The number of oxazole rings is 1. The summed E-state index contributed by atoms with van der Waals surface area (Å²) < 4.78 is 42.8. The van der Waals surface area contributed by atoms with Crippen molar-refractivity contribution in [3.63, 3.8) is 0 Å². The van der Waals surface area contributed by atoms with Gasteiger partial charge in [0, 0.05) is 12.0 Å². The van der Waals surface area contributed by atoms with Crippen LogP contribution in [0.3, 0.4) is 0 Å². The highest BCUT2D eigenvalue weighted by Crippen LogP contribution is 2.33. The largest absolute Gasteiger partial charge is 0.468 e. The smallest absolute Gasteiger partial charge is 0.437 e. The summed E-state index contributed by atoms with van der Waals surface area (Å²) >= 11 is 0. The molecule has 6 heteroatoms. The Hall–Kier alpha value is -1.82. The Morgan fingerprint density at radius 1 is 1.16 bits per heavy atom. The van der Waals surface area contributed by atoms with Crippen molar-refractivity contribution in [2.75, 3.05) is 6.54 Å². The number of nitrogens with zero attached hydrogens (tertiary/aromatic N) is 1. The average Bonchev–Trinajstić information content (AvgIpc) is 2.81. The van der Waals surface area contributed by atoms with Crippen molar-refractivity contribution < 1.29 is 17.6 Å². The molecule has 0 unspecified atom stereocenters. The zero-order valence-corrected chi connectivity index (χ0v) is 10.1. The van der Waals surface area contributed by atoms with E-state index in [4.69, 9.17) is 10.2 Å². The molecule has 0 atom stereocenters. The molecule has 2 aromatic rings. The van der Waals surface area contributed by atoms with E-state index in [1.165, 1.54) is 0 Å². The third kappa shape index (κ3) is 3.14. The highest BCUT2D eigenvalue weighted by molar-refractivity contribution is 5.61. The lowest BCUT2D eigenvalue weighted by Crippen LogP contribution is -2.04. The van der Waals surface area contributed by atoms with Gasteiger partial charge in [-0.25, -0.2) is 4.98 Å². The lowest BCUT2D eigenvalue weighted by Gasteiger charge is -1.99. The van der Waals surface area contributed by atoms with Crippen LogP contribution in [0.4, 0.5) is 13.2 Å². The Morgan fingerprint density at radius 3 is 2.42 bits per heavy atom. The second kappa shape index (κ2) is 5.44. The Morgan fingerprint density at radius 2 is 1.84 bits per heavy atom. The molecule has 1 aromatic carbocycles. The van der Waals surface area contributed by atoms with Gasteiger partial charge in [0.1, 0.15) is 11.5 Å². The lowest BCUT2D eigenvalue weighted by atomic mass is 10.1. The summed E-state index contributed by atoms with van der Waals surface area (Å²) in [6.07, 6.45) is -3.69. The number of rotatable bonds is 4. The zero-order chi connectivity index (χ0) is 13.9. The quantitative estimate of drug-likeness (QED) is 0.927. The number of hydrogen-bond acceptors (Lipinski definition) is 3. The molecule has 2 rings (SSSR count). The van der Waals surface area contributed by atoms with E-state index in [-0.39, 0.29) is 11.5 Å². The van der Waals surface area contributed by atoms with E-state index in [1.807, 2.05) is 0 Å². The molecule has 0 saturated heterocycles. The molecule has 0 aliphatic heterocycles. The Kier molecular flexibility index (Phi) is 3.90. The summed E-state index contributed by atoms with van der Waals surface area (Å²) in [5.74, 6) is -0.984. The number of hydrogen-bond donors (Lipinski definition) is 1. The number of alkyl halides is 3. The molecule has 1 heterocycles. The Bertz CT molecular complexity index is 535. The monoisotopic (exact) mass is 270 g/mol. The van der Waals surface area contributed by atoms with Gasteiger partial charge in [-0.1, -0.05) is 30.3 Å². The standard InChI is InChI=1S/C13H13F3N2O/c14-13(15,16)12-18-11(9-5-2-1-3-6-9)10(19-12)7-4-8-17/h1-3,5-6H,4,7-8,17H2. The van der Waals surface area contributed by atoms with Gasteiger partial charge in [0.25, 0.3) is 0 Å². The molecule has 0 amide bonds. The van der Waals surface area contributed by atoms with Gasteiger partial charge in [-0.2, -0.15) is 13.2 Å². The third-order valence-electron chi connectivity index (χ3n) is 2.60. The summed E-state index contributed by atoms with van der Waals surface area (Å²) in [5, 5.41) is 0. The summed E-state index contributed by atoms with van der Waals surface area (Å²) in [4.78, 5) is 3.57. The summed E-state index contributed by atoms with van der Waals surface area (Å²) in [5.41, 5.74) is 6.22. The van der Waals surface area contributed by atoms with Crippen LogP contribution in [0, 0.1) is 0 Å². The summed E-state index contributed by atoms with van der Waals surface area (Å²) in [7, 11) is 0. The highest BCUT2D eigenvalue weighted by Gasteiger charge is 2.38. The Balaban J connectivity index is 2.43. The fourth-order valence-electron chi connectivity index (χ4n) is 1.73. The first kappa shape index (κ1) is 13.6. The maximum Gasteiger partial charge on any atom is 0.468 e. The van der Waals surface area contributed by atoms with E-state index < -0.39 is 12.1 Å². The van der Waals surface area contributed by atoms with Gasteiger partial charge >= 0.3 is 12.1 Å². The first-order valence-corrected chi connectivity index (χ1v) is 5.84. The number of benzene rings is 1. The van der Waals surface area contributed by atoms with Crippen LogP contribution in [0.25, 0.3) is 11.3 Å². The highest BCUT2D eigenvalue weighted by atomic mass is 19.4. The van der Waals surface area contributed by atoms with Crippen LogP contribution < -0.4 is 5.73 Å². The molecule has 102 valence electrons. The molecule has 1 aromatic heterocycles. The summed E-state index contributed by atoms with van der Waals surface area (Å²) in [6.45, 7) is 0.385. The van der Waals surface area contributed by atoms with Crippen LogP contribution in [0.15, 0.2) is 34.7 Å². The maximum atomic E-state index is 12.6. The predicted octanol–water partition coefficient (Wildman–Crippen LogP) is 3.25. The van der Waals surface area contributed by atoms with Gasteiger partial charge in [-0.3, -0.25) is 0 Å². The molecule has 19 heavy (non-hydrogen) atoms. The van der Waals surface area contributed by atoms with E-state index >= 15 is 0 Å². The number of nitrogens with two attached hydrogens (primary N) is 1. The number of aromatic nitrogens is 1. The molecule has 0 aliphatic rings. The van der Waals surface area contributed by atoms with Crippen molar-refractivity contribution >= 4 is 0 Å². The van der Waals surface area contributed by atoms with Gasteiger partial charge in [0.05, 0.1) is 0 Å². The number of halogens is 3. The van der Waals surface area contributed by atoms with E-state index in [2.05, 4.69) is 4.98 Å². The fraction of sp³-hybridized carbons (Fsp3) is 0.308. The second-order valence-electron chi connectivity index (χ2n) is 4.05. The van der Waals surface area contributed by atoms with E-state index in [9.17, 15) is 13.2 Å². The molecular formula is C13H13F3N2O. The van der Waals surface area contributed by atoms with Crippen molar-refractivity contribution in [1.82, 2.24) is 4.98 Å². The molecule has 0 radical (unpaired) electrons. The van der Waals surface area contributed by atoms with Crippen molar-refractivity contribution in [2.24, 2.45) is 5.73 Å². The van der Waals surface area contributed by atoms with Crippen LogP contribution in [0.2, 0.25) is 0 Å². The normalized spacial score (nSPS) is 11.8. The van der Waals surface area contributed by atoms with Crippen molar-refractivity contribution in [3.05, 3.63) is 42.0 Å². The van der Waals surface area contributed by atoms with E-state index in [0.29, 0.717) is 24.9 Å². The molecule has 2 N–H and O–H groups in total. The topological polar surface area (TPSA) is 52.0 Å². The average molecular weight is 270 g/mol. The van der Waals surface area contributed by atoms with E-state index in [0.717, 1.165) is 0 Å². The van der Waals surface area contributed by atoms with Crippen LogP contribution in [-0.4, -0.2) is 11.5 Å². The SMILES string of the molecule is NCCCc1oc(C(F)(F)F)nc1-c1ccccc1. The summed E-state index contributed by atoms with van der Waals surface area (Å²) in [6, 6.07) is 8.66. The molecule has 0 bridgehead atoms. The first-order chi connectivity index (χ1) is 9.02. The molecule has 0 aliphatic carbocycles. The van der Waals surface area contributed by atoms with E-state index in [1.54, 1.807) is 30.3 Å². The molecule has 0 fully saturated rings. The molecule has 0 saturated carbocycles. The Labute approximate surface area is 108 Å². The van der Waals surface area contributed by atoms with Crippen LogP contribution in [0.5, 0.6) is 0 Å². The van der Waals surface area contributed by atoms with Crippen molar-refractivity contribution in [3.8, 4) is 11.3 Å². The lowest BCUT2D eigenvalue weighted by molar-refractivity contribution is -0.157. The van der Waals surface area contributed by atoms with Crippen LogP contribution in [-0.2, 0) is 12.6 Å². The van der Waals surface area contributed by atoms with Crippen LogP contribution in [0.1, 0.15) is 18.1 Å². The van der Waals surface area contributed by atoms with Crippen molar-refractivity contribution in [1.29, 1.82) is 0 Å². The van der Waals surface area contributed by atoms with Gasteiger partial charge in [0.2, 0.25) is 0 Å². The van der Waals surface area contributed by atoms with Crippen molar-refractivity contribution in [2.45, 2.75) is 19.0 Å². The molecule has 0 spiro atoms. The van der Waals surface area contributed by atoms with Gasteiger partial charge in [0.15, 0.2) is 0 Å². The number of aryl methyl sites for hydroxylation is 1. The minimum atomic E-state index is -4.58. The zero-order valence-electron chi connectivity index (χ0n) is 10.1. The van der Waals surface area contributed by atoms with Gasteiger partial charge < -0.3 is 10.2 Å².